The lowest BCUT2D eigenvalue weighted by atomic mass is 10.3. The Morgan fingerprint density at radius 2 is 1.94 bits per heavy atom. The topological polar surface area (TPSA) is 51.0 Å². The Kier molecular flexibility index (Phi) is 3.32. The molecule has 0 aliphatic rings. The standard InChI is InChI=1S/C11H11F2N3O/c1-2-10-15-11(17-16-10)6-14-9-4-7(12)3-8(13)5-9/h3-5,14H,2,6H2,1H3. The molecular formula is C11H11F2N3O. The molecule has 1 heterocycles. The van der Waals surface area contributed by atoms with Gasteiger partial charge in [0.1, 0.15) is 11.6 Å². The van der Waals surface area contributed by atoms with E-state index in [0.717, 1.165) is 6.07 Å². The van der Waals surface area contributed by atoms with Gasteiger partial charge in [0, 0.05) is 18.2 Å². The van der Waals surface area contributed by atoms with Crippen LogP contribution in [0.5, 0.6) is 0 Å². The number of nitrogens with one attached hydrogen (secondary N) is 1. The van der Waals surface area contributed by atoms with Crippen LogP contribution in [0.3, 0.4) is 0 Å². The molecule has 0 aliphatic heterocycles. The number of benzene rings is 1. The Labute approximate surface area is 96.6 Å². The van der Waals surface area contributed by atoms with Gasteiger partial charge in [-0.25, -0.2) is 8.78 Å². The summed E-state index contributed by atoms with van der Waals surface area (Å²) in [7, 11) is 0. The number of rotatable bonds is 4. The highest BCUT2D eigenvalue weighted by molar-refractivity contribution is 5.43. The Morgan fingerprint density at radius 1 is 1.24 bits per heavy atom. The number of anilines is 1. The summed E-state index contributed by atoms with van der Waals surface area (Å²) in [5.41, 5.74) is 0.332. The summed E-state index contributed by atoms with van der Waals surface area (Å²) in [6.07, 6.45) is 0.679. The molecule has 0 atom stereocenters. The van der Waals surface area contributed by atoms with Gasteiger partial charge in [-0.2, -0.15) is 4.98 Å². The molecule has 2 aromatic rings. The van der Waals surface area contributed by atoms with Gasteiger partial charge in [-0.15, -0.1) is 0 Å². The van der Waals surface area contributed by atoms with Crippen LogP contribution in [0.2, 0.25) is 0 Å². The van der Waals surface area contributed by atoms with E-state index in [4.69, 9.17) is 4.52 Å². The first-order valence-corrected chi connectivity index (χ1v) is 5.19. The molecule has 0 unspecified atom stereocenters. The van der Waals surface area contributed by atoms with Crippen molar-refractivity contribution in [2.45, 2.75) is 19.9 Å². The largest absolute Gasteiger partial charge is 0.376 e. The molecule has 6 heteroatoms. The van der Waals surface area contributed by atoms with Gasteiger partial charge >= 0.3 is 0 Å². The second-order valence-electron chi connectivity index (χ2n) is 3.47. The zero-order valence-electron chi connectivity index (χ0n) is 9.20. The molecule has 2 rings (SSSR count). The van der Waals surface area contributed by atoms with Crippen LogP contribution in [0, 0.1) is 11.6 Å². The molecule has 0 fully saturated rings. The summed E-state index contributed by atoms with van der Waals surface area (Å²) in [6.45, 7) is 2.14. The fraction of sp³-hybridized carbons (Fsp3) is 0.273. The van der Waals surface area contributed by atoms with Crippen LogP contribution in [0.1, 0.15) is 18.6 Å². The van der Waals surface area contributed by atoms with Crippen molar-refractivity contribution in [2.24, 2.45) is 0 Å². The van der Waals surface area contributed by atoms with Crippen molar-refractivity contribution in [3.05, 3.63) is 41.5 Å². The van der Waals surface area contributed by atoms with Crippen LogP contribution < -0.4 is 5.32 Å². The monoisotopic (exact) mass is 239 g/mol. The predicted molar refractivity (Wildman–Crippen MR) is 57.4 cm³/mol. The lowest BCUT2D eigenvalue weighted by Gasteiger charge is -2.03. The second kappa shape index (κ2) is 4.90. The van der Waals surface area contributed by atoms with Crippen LogP contribution in [0.25, 0.3) is 0 Å². The Bertz CT molecular complexity index is 493. The second-order valence-corrected chi connectivity index (χ2v) is 3.47. The first-order valence-electron chi connectivity index (χ1n) is 5.19. The normalized spacial score (nSPS) is 10.5. The zero-order valence-corrected chi connectivity index (χ0v) is 9.20. The van der Waals surface area contributed by atoms with E-state index < -0.39 is 11.6 Å². The van der Waals surface area contributed by atoms with Gasteiger partial charge in [-0.05, 0) is 12.1 Å². The van der Waals surface area contributed by atoms with Gasteiger partial charge in [0.15, 0.2) is 5.82 Å². The van der Waals surface area contributed by atoms with Crippen molar-refractivity contribution in [2.75, 3.05) is 5.32 Å². The Hall–Kier alpha value is -1.98. The lowest BCUT2D eigenvalue weighted by Crippen LogP contribution is -2.00. The summed E-state index contributed by atoms with van der Waals surface area (Å²) < 4.78 is 30.7. The van der Waals surface area contributed by atoms with Crippen LogP contribution in [0.15, 0.2) is 22.7 Å². The molecule has 0 saturated heterocycles. The molecule has 0 spiro atoms. The molecule has 1 aromatic carbocycles. The highest BCUT2D eigenvalue weighted by Crippen LogP contribution is 2.13. The molecule has 0 aliphatic carbocycles. The van der Waals surface area contributed by atoms with Crippen LogP contribution >= 0.6 is 0 Å². The van der Waals surface area contributed by atoms with Crippen molar-refractivity contribution in [1.82, 2.24) is 10.1 Å². The van der Waals surface area contributed by atoms with Gasteiger partial charge < -0.3 is 9.84 Å². The smallest absolute Gasteiger partial charge is 0.245 e. The number of aryl methyl sites for hydroxylation is 1. The van der Waals surface area contributed by atoms with Crippen molar-refractivity contribution in [3.63, 3.8) is 0 Å². The molecule has 90 valence electrons. The summed E-state index contributed by atoms with van der Waals surface area (Å²) in [6, 6.07) is 3.20. The summed E-state index contributed by atoms with van der Waals surface area (Å²) in [5.74, 6) is -0.279. The summed E-state index contributed by atoms with van der Waals surface area (Å²) in [4.78, 5) is 4.06. The van der Waals surface area contributed by atoms with E-state index in [-0.39, 0.29) is 6.54 Å². The fourth-order valence-corrected chi connectivity index (χ4v) is 1.34. The molecule has 0 bridgehead atoms. The molecule has 0 saturated carbocycles. The lowest BCUT2D eigenvalue weighted by molar-refractivity contribution is 0.378. The molecule has 1 aromatic heterocycles. The summed E-state index contributed by atoms with van der Waals surface area (Å²) in [5, 5.41) is 6.51. The minimum absolute atomic E-state index is 0.232. The van der Waals surface area contributed by atoms with Crippen LogP contribution in [-0.4, -0.2) is 10.1 Å². The van der Waals surface area contributed by atoms with Gasteiger partial charge in [0.25, 0.3) is 0 Å². The highest BCUT2D eigenvalue weighted by Gasteiger charge is 2.05. The van der Waals surface area contributed by atoms with Crippen molar-refractivity contribution < 1.29 is 13.3 Å². The number of nitrogens with zero attached hydrogens (tertiary/aromatic N) is 2. The molecule has 17 heavy (non-hydrogen) atoms. The Balaban J connectivity index is 2.01. The van der Waals surface area contributed by atoms with Crippen molar-refractivity contribution >= 4 is 5.69 Å². The van der Waals surface area contributed by atoms with Crippen LogP contribution in [-0.2, 0) is 13.0 Å². The van der Waals surface area contributed by atoms with E-state index in [0.29, 0.717) is 23.8 Å². The average molecular weight is 239 g/mol. The third-order valence-corrected chi connectivity index (χ3v) is 2.13. The number of hydrogen-bond acceptors (Lipinski definition) is 4. The molecular weight excluding hydrogens is 228 g/mol. The predicted octanol–water partition coefficient (Wildman–Crippen LogP) is 2.52. The third kappa shape index (κ3) is 2.99. The van der Waals surface area contributed by atoms with E-state index in [2.05, 4.69) is 15.5 Å². The molecule has 0 amide bonds. The van der Waals surface area contributed by atoms with Gasteiger partial charge in [-0.1, -0.05) is 12.1 Å². The van der Waals surface area contributed by atoms with Gasteiger partial charge in [0.05, 0.1) is 6.54 Å². The summed E-state index contributed by atoms with van der Waals surface area (Å²) >= 11 is 0. The highest BCUT2D eigenvalue weighted by atomic mass is 19.1. The van der Waals surface area contributed by atoms with Crippen molar-refractivity contribution in [3.8, 4) is 0 Å². The third-order valence-electron chi connectivity index (χ3n) is 2.13. The van der Waals surface area contributed by atoms with E-state index in [1.54, 1.807) is 0 Å². The Morgan fingerprint density at radius 3 is 2.53 bits per heavy atom. The number of hydrogen-bond donors (Lipinski definition) is 1. The van der Waals surface area contributed by atoms with E-state index in [1.807, 2.05) is 6.92 Å². The average Bonchev–Trinajstić information content (AvgIpc) is 2.73. The van der Waals surface area contributed by atoms with E-state index in [1.165, 1.54) is 12.1 Å². The van der Waals surface area contributed by atoms with E-state index in [9.17, 15) is 8.78 Å². The maximum atomic E-state index is 12.9. The first-order chi connectivity index (χ1) is 8.17. The van der Waals surface area contributed by atoms with Crippen LogP contribution in [0.4, 0.5) is 14.5 Å². The number of halogens is 2. The SMILES string of the molecule is CCc1noc(CNc2cc(F)cc(F)c2)n1. The maximum Gasteiger partial charge on any atom is 0.245 e. The van der Waals surface area contributed by atoms with E-state index >= 15 is 0 Å². The molecule has 4 nitrogen and oxygen atoms in total. The molecule has 1 N–H and O–H groups in total. The maximum absolute atomic E-state index is 12.9. The molecule has 0 radical (unpaired) electrons. The van der Waals surface area contributed by atoms with Gasteiger partial charge in [-0.3, -0.25) is 0 Å². The van der Waals surface area contributed by atoms with Crippen molar-refractivity contribution in [1.29, 1.82) is 0 Å². The first kappa shape index (κ1) is 11.5. The number of aromatic nitrogens is 2. The quantitative estimate of drug-likeness (QED) is 0.890. The fourth-order valence-electron chi connectivity index (χ4n) is 1.34. The minimum Gasteiger partial charge on any atom is -0.376 e. The zero-order chi connectivity index (χ0) is 12.3. The minimum atomic E-state index is -0.632. The van der Waals surface area contributed by atoms with Gasteiger partial charge in [0.2, 0.25) is 5.89 Å².